The lowest BCUT2D eigenvalue weighted by molar-refractivity contribution is -0.158. The van der Waals surface area contributed by atoms with E-state index in [1.165, 1.54) is 5.56 Å². The Bertz CT molecular complexity index is 617. The molecule has 28 heavy (non-hydrogen) atoms. The third kappa shape index (κ3) is 5.77. The number of morpholine rings is 1. The van der Waals surface area contributed by atoms with Gasteiger partial charge in [-0.1, -0.05) is 30.3 Å². The molecule has 2 heterocycles. The number of amides is 1. The van der Waals surface area contributed by atoms with Gasteiger partial charge in [-0.25, -0.2) is 0 Å². The molecule has 1 unspecified atom stereocenters. The number of aliphatic hydroxyl groups is 1. The number of hydrogen-bond donors (Lipinski definition) is 1. The quantitative estimate of drug-likeness (QED) is 0.801. The minimum Gasteiger partial charge on any atom is -0.392 e. The van der Waals surface area contributed by atoms with E-state index in [0.717, 1.165) is 39.0 Å². The largest absolute Gasteiger partial charge is 0.392 e. The normalized spacial score (nSPS) is 25.8. The molecule has 3 atom stereocenters. The fraction of sp³-hybridized carbons (Fsp3) is 0.682. The average molecular weight is 390 g/mol. The minimum atomic E-state index is -0.376. The van der Waals surface area contributed by atoms with Crippen LogP contribution in [0.15, 0.2) is 30.3 Å². The van der Waals surface area contributed by atoms with Gasteiger partial charge in [-0.05, 0) is 39.3 Å². The van der Waals surface area contributed by atoms with Crippen LogP contribution in [0.5, 0.6) is 0 Å². The molecule has 2 fully saturated rings. The molecule has 0 saturated carbocycles. The van der Waals surface area contributed by atoms with Crippen molar-refractivity contribution in [3.63, 3.8) is 0 Å². The van der Waals surface area contributed by atoms with Crippen LogP contribution in [-0.4, -0.2) is 89.8 Å². The summed E-state index contributed by atoms with van der Waals surface area (Å²) in [6.07, 6.45) is 1.26. The molecule has 1 amide bonds. The molecule has 6 heteroatoms. The first-order valence-electron chi connectivity index (χ1n) is 10.5. The van der Waals surface area contributed by atoms with Gasteiger partial charge in [0.1, 0.15) is 6.10 Å². The second-order valence-corrected chi connectivity index (χ2v) is 8.46. The first kappa shape index (κ1) is 21.2. The van der Waals surface area contributed by atoms with Crippen molar-refractivity contribution in [3.05, 3.63) is 35.9 Å². The van der Waals surface area contributed by atoms with E-state index in [1.807, 2.05) is 17.9 Å². The summed E-state index contributed by atoms with van der Waals surface area (Å²) in [7, 11) is 2.06. The van der Waals surface area contributed by atoms with Crippen LogP contribution in [0.3, 0.4) is 0 Å². The number of aliphatic hydroxyl groups excluding tert-OH is 1. The Morgan fingerprint density at radius 3 is 2.57 bits per heavy atom. The summed E-state index contributed by atoms with van der Waals surface area (Å²) >= 11 is 0. The molecule has 0 radical (unpaired) electrons. The number of nitrogens with zero attached hydrogens (tertiary/aromatic N) is 3. The smallest absolute Gasteiger partial charge is 0.253 e. The predicted octanol–water partition coefficient (Wildman–Crippen LogP) is 1.58. The number of likely N-dealkylation sites (N-methyl/N-ethyl adjacent to an activating group) is 1. The molecule has 1 aromatic carbocycles. The van der Waals surface area contributed by atoms with Crippen LogP contribution < -0.4 is 0 Å². The zero-order chi connectivity index (χ0) is 20.1. The topological polar surface area (TPSA) is 56.2 Å². The molecule has 2 saturated heterocycles. The van der Waals surface area contributed by atoms with Crippen LogP contribution in [0.25, 0.3) is 0 Å². The molecule has 2 aliphatic heterocycles. The zero-order valence-electron chi connectivity index (χ0n) is 17.5. The molecule has 1 aromatic rings. The maximum Gasteiger partial charge on any atom is 0.253 e. The Hall–Kier alpha value is -1.47. The fourth-order valence-electron chi connectivity index (χ4n) is 4.44. The molecule has 3 rings (SSSR count). The van der Waals surface area contributed by atoms with Gasteiger partial charge in [-0.15, -0.1) is 0 Å². The molecular formula is C22H35N3O3. The molecule has 156 valence electrons. The third-order valence-electron chi connectivity index (χ3n) is 5.81. The average Bonchev–Trinajstić information content (AvgIpc) is 2.67. The zero-order valence-corrected chi connectivity index (χ0v) is 17.5. The maximum absolute atomic E-state index is 13.1. The monoisotopic (exact) mass is 389 g/mol. The Morgan fingerprint density at radius 1 is 1.25 bits per heavy atom. The SMILES string of the molecule is CC(O)CN(C)C1CCN(C(=O)[C@@H]2CN(Cc3ccccc3)C[C@H](C)O2)CC1. The van der Waals surface area contributed by atoms with Crippen molar-refractivity contribution in [2.45, 2.75) is 57.6 Å². The number of ether oxygens (including phenoxy) is 1. The van der Waals surface area contributed by atoms with Crippen molar-refractivity contribution in [3.8, 4) is 0 Å². The molecule has 0 aliphatic carbocycles. The van der Waals surface area contributed by atoms with E-state index < -0.39 is 0 Å². The fourth-order valence-corrected chi connectivity index (χ4v) is 4.44. The molecular weight excluding hydrogens is 354 g/mol. The van der Waals surface area contributed by atoms with Gasteiger partial charge in [0.25, 0.3) is 5.91 Å². The van der Waals surface area contributed by atoms with Crippen LogP contribution in [0.4, 0.5) is 0 Å². The van der Waals surface area contributed by atoms with E-state index >= 15 is 0 Å². The van der Waals surface area contributed by atoms with Gasteiger partial charge >= 0.3 is 0 Å². The molecule has 1 N–H and O–H groups in total. The van der Waals surface area contributed by atoms with Gasteiger partial charge in [0, 0.05) is 45.3 Å². The van der Waals surface area contributed by atoms with Gasteiger partial charge < -0.3 is 19.6 Å². The van der Waals surface area contributed by atoms with E-state index in [1.54, 1.807) is 0 Å². The van der Waals surface area contributed by atoms with Crippen LogP contribution in [-0.2, 0) is 16.1 Å². The molecule has 0 bridgehead atoms. The number of benzene rings is 1. The molecule has 0 spiro atoms. The van der Waals surface area contributed by atoms with Crippen molar-refractivity contribution in [1.82, 2.24) is 14.7 Å². The van der Waals surface area contributed by atoms with Gasteiger partial charge in [0.15, 0.2) is 0 Å². The second-order valence-electron chi connectivity index (χ2n) is 8.46. The van der Waals surface area contributed by atoms with Gasteiger partial charge in [0.05, 0.1) is 12.2 Å². The van der Waals surface area contributed by atoms with E-state index in [9.17, 15) is 9.90 Å². The van der Waals surface area contributed by atoms with Gasteiger partial charge in [-0.3, -0.25) is 9.69 Å². The van der Waals surface area contributed by atoms with E-state index in [-0.39, 0.29) is 24.2 Å². The van der Waals surface area contributed by atoms with Crippen molar-refractivity contribution in [1.29, 1.82) is 0 Å². The van der Waals surface area contributed by atoms with E-state index in [2.05, 4.69) is 48.0 Å². The number of hydrogen-bond acceptors (Lipinski definition) is 5. The van der Waals surface area contributed by atoms with Gasteiger partial charge in [0.2, 0.25) is 0 Å². The molecule has 2 aliphatic rings. The summed E-state index contributed by atoms with van der Waals surface area (Å²) in [5.74, 6) is 0.126. The number of carbonyl (C=O) groups is 1. The highest BCUT2D eigenvalue weighted by Crippen LogP contribution is 2.20. The highest BCUT2D eigenvalue weighted by molar-refractivity contribution is 5.81. The summed E-state index contributed by atoms with van der Waals surface area (Å²) in [6, 6.07) is 10.8. The minimum absolute atomic E-state index is 0.0566. The highest BCUT2D eigenvalue weighted by Gasteiger charge is 2.35. The van der Waals surface area contributed by atoms with Crippen molar-refractivity contribution < 1.29 is 14.6 Å². The predicted molar refractivity (Wildman–Crippen MR) is 110 cm³/mol. The summed E-state index contributed by atoms with van der Waals surface area (Å²) < 4.78 is 6.02. The third-order valence-corrected chi connectivity index (χ3v) is 5.81. The van der Waals surface area contributed by atoms with E-state index in [4.69, 9.17) is 4.74 Å². The summed E-state index contributed by atoms with van der Waals surface area (Å²) in [4.78, 5) is 19.6. The van der Waals surface area contributed by atoms with Crippen LogP contribution >= 0.6 is 0 Å². The van der Waals surface area contributed by atoms with E-state index in [0.29, 0.717) is 19.1 Å². The van der Waals surface area contributed by atoms with Crippen LogP contribution in [0.2, 0.25) is 0 Å². The Kier molecular flexibility index (Phi) is 7.46. The Labute approximate surface area is 169 Å². The van der Waals surface area contributed by atoms with Crippen molar-refractivity contribution in [2.24, 2.45) is 0 Å². The van der Waals surface area contributed by atoms with Crippen molar-refractivity contribution >= 4 is 5.91 Å². The van der Waals surface area contributed by atoms with Crippen LogP contribution in [0.1, 0.15) is 32.3 Å². The molecule has 6 nitrogen and oxygen atoms in total. The second kappa shape index (κ2) is 9.83. The van der Waals surface area contributed by atoms with Crippen molar-refractivity contribution in [2.75, 3.05) is 39.8 Å². The van der Waals surface area contributed by atoms with Gasteiger partial charge in [-0.2, -0.15) is 0 Å². The number of rotatable bonds is 6. The maximum atomic E-state index is 13.1. The lowest BCUT2D eigenvalue weighted by Crippen LogP contribution is -2.55. The lowest BCUT2D eigenvalue weighted by atomic mass is 10.0. The standard InChI is InChI=1S/C22H35N3O3/c1-17(26)13-23(3)20-9-11-25(12-10-20)22(27)21-16-24(14-18(2)28-21)15-19-7-5-4-6-8-19/h4-8,17-18,20-21,26H,9-16H2,1-3H3/t17?,18-,21-/m0/s1. The number of carbonyl (C=O) groups excluding carboxylic acids is 1. The number of piperidine rings is 1. The summed E-state index contributed by atoms with van der Waals surface area (Å²) in [5.41, 5.74) is 1.27. The Balaban J connectivity index is 1.52. The highest BCUT2D eigenvalue weighted by atomic mass is 16.5. The Morgan fingerprint density at radius 2 is 1.93 bits per heavy atom. The molecule has 0 aromatic heterocycles. The summed E-state index contributed by atoms with van der Waals surface area (Å²) in [6.45, 7) is 8.43. The lowest BCUT2D eigenvalue weighted by Gasteiger charge is -2.41. The first-order valence-corrected chi connectivity index (χ1v) is 10.5. The summed E-state index contributed by atoms with van der Waals surface area (Å²) in [5, 5.41) is 9.59. The van der Waals surface area contributed by atoms with Crippen LogP contribution in [0, 0.1) is 0 Å². The number of likely N-dealkylation sites (tertiary alicyclic amines) is 1. The first-order chi connectivity index (χ1) is 13.4.